The highest BCUT2D eigenvalue weighted by Gasteiger charge is 2.28. The Morgan fingerprint density at radius 3 is 2.42 bits per heavy atom. The maximum absolute atomic E-state index is 13.6. The lowest BCUT2D eigenvalue weighted by Gasteiger charge is -2.20. The Labute approximate surface area is 212 Å². The molecule has 0 radical (unpaired) electrons. The van der Waals surface area contributed by atoms with Crippen molar-refractivity contribution >= 4 is 35.4 Å². The Balaban J connectivity index is 1.63. The SMILES string of the molecule is CCOC(=O)c1cnn(-c2ccccc2)c1NC(=O)C(CC)n1c(N)nnc1SCc1ccccc1. The van der Waals surface area contributed by atoms with Crippen molar-refractivity contribution < 1.29 is 14.3 Å². The second kappa shape index (κ2) is 11.5. The zero-order valence-corrected chi connectivity index (χ0v) is 20.8. The smallest absolute Gasteiger partial charge is 0.343 e. The van der Waals surface area contributed by atoms with Crippen LogP contribution in [-0.4, -0.2) is 43.0 Å². The number of ether oxygens (including phenoxy) is 1. The molecule has 1 unspecified atom stereocenters. The first kappa shape index (κ1) is 25.0. The van der Waals surface area contributed by atoms with E-state index >= 15 is 0 Å². The minimum absolute atomic E-state index is 0.134. The predicted molar refractivity (Wildman–Crippen MR) is 138 cm³/mol. The number of thioether (sulfide) groups is 1. The fourth-order valence-corrected chi connectivity index (χ4v) is 4.63. The highest BCUT2D eigenvalue weighted by molar-refractivity contribution is 7.98. The van der Waals surface area contributed by atoms with Crippen molar-refractivity contribution in [2.24, 2.45) is 0 Å². The van der Waals surface area contributed by atoms with Gasteiger partial charge in [-0.05, 0) is 31.0 Å². The number of para-hydroxylation sites is 1. The molecule has 186 valence electrons. The van der Waals surface area contributed by atoms with E-state index in [1.54, 1.807) is 11.5 Å². The molecule has 1 amide bonds. The Kier molecular flexibility index (Phi) is 8.01. The number of rotatable bonds is 10. The number of anilines is 2. The molecule has 4 rings (SSSR count). The highest BCUT2D eigenvalue weighted by Crippen LogP contribution is 2.29. The monoisotopic (exact) mass is 505 g/mol. The molecular weight excluding hydrogens is 478 g/mol. The number of carbonyl (C=O) groups is 2. The van der Waals surface area contributed by atoms with Gasteiger partial charge in [0.25, 0.3) is 0 Å². The molecule has 2 heterocycles. The Morgan fingerprint density at radius 2 is 1.75 bits per heavy atom. The van der Waals surface area contributed by atoms with Crippen LogP contribution in [0.3, 0.4) is 0 Å². The molecule has 0 fully saturated rings. The van der Waals surface area contributed by atoms with Crippen LogP contribution in [0.4, 0.5) is 11.8 Å². The van der Waals surface area contributed by atoms with Crippen molar-refractivity contribution in [2.75, 3.05) is 17.7 Å². The van der Waals surface area contributed by atoms with Crippen LogP contribution in [0, 0.1) is 0 Å². The largest absolute Gasteiger partial charge is 0.462 e. The third kappa shape index (κ3) is 5.41. The third-order valence-electron chi connectivity index (χ3n) is 5.41. The number of hydrogen-bond donors (Lipinski definition) is 2. The fraction of sp³-hybridized carbons (Fsp3) is 0.240. The van der Waals surface area contributed by atoms with Crippen molar-refractivity contribution in [3.05, 3.63) is 78.0 Å². The van der Waals surface area contributed by atoms with E-state index < -0.39 is 12.0 Å². The van der Waals surface area contributed by atoms with Crippen LogP contribution < -0.4 is 11.1 Å². The van der Waals surface area contributed by atoms with Gasteiger partial charge in [0.05, 0.1) is 18.5 Å². The van der Waals surface area contributed by atoms with E-state index in [0.29, 0.717) is 23.0 Å². The lowest BCUT2D eigenvalue weighted by Crippen LogP contribution is -2.28. The zero-order valence-electron chi connectivity index (χ0n) is 20.0. The van der Waals surface area contributed by atoms with E-state index in [4.69, 9.17) is 10.5 Å². The van der Waals surface area contributed by atoms with Gasteiger partial charge in [0.15, 0.2) is 11.0 Å². The van der Waals surface area contributed by atoms with Gasteiger partial charge in [0.1, 0.15) is 11.6 Å². The topological polar surface area (TPSA) is 130 Å². The number of benzene rings is 2. The number of esters is 1. The Morgan fingerprint density at radius 1 is 1.06 bits per heavy atom. The van der Waals surface area contributed by atoms with E-state index in [1.807, 2.05) is 67.6 Å². The van der Waals surface area contributed by atoms with Crippen LogP contribution >= 0.6 is 11.8 Å². The van der Waals surface area contributed by atoms with Gasteiger partial charge in [0, 0.05) is 5.75 Å². The third-order valence-corrected chi connectivity index (χ3v) is 6.42. The van der Waals surface area contributed by atoms with Crippen molar-refractivity contribution in [3.8, 4) is 5.69 Å². The minimum atomic E-state index is -0.715. The summed E-state index contributed by atoms with van der Waals surface area (Å²) < 4.78 is 8.30. The first-order valence-electron chi connectivity index (χ1n) is 11.5. The maximum Gasteiger partial charge on any atom is 0.343 e. The average Bonchev–Trinajstić information content (AvgIpc) is 3.48. The molecule has 0 aliphatic heterocycles. The van der Waals surface area contributed by atoms with Crippen molar-refractivity contribution in [1.82, 2.24) is 24.5 Å². The number of carbonyl (C=O) groups excluding carboxylic acids is 2. The number of nitrogens with zero attached hydrogens (tertiary/aromatic N) is 5. The van der Waals surface area contributed by atoms with Gasteiger partial charge in [0.2, 0.25) is 11.9 Å². The number of hydrogen-bond acceptors (Lipinski definition) is 8. The molecule has 0 aliphatic rings. The quantitative estimate of drug-likeness (QED) is 0.243. The summed E-state index contributed by atoms with van der Waals surface area (Å²) >= 11 is 1.44. The maximum atomic E-state index is 13.6. The zero-order chi connectivity index (χ0) is 25.5. The van der Waals surface area contributed by atoms with E-state index in [-0.39, 0.29) is 29.8 Å². The molecule has 0 saturated heterocycles. The van der Waals surface area contributed by atoms with Gasteiger partial charge >= 0.3 is 5.97 Å². The van der Waals surface area contributed by atoms with Gasteiger partial charge in [-0.3, -0.25) is 9.36 Å². The molecule has 0 bridgehead atoms. The molecule has 3 N–H and O–H groups in total. The standard InChI is InChI=1S/C25H27N7O3S/c1-3-20(31-24(26)29-30-25(31)36-16-17-11-7-5-8-12-17)22(33)28-21-19(23(34)35-4-2)15-27-32(21)18-13-9-6-10-14-18/h5-15,20H,3-4,16H2,1-2H3,(H2,26,29)(H,28,33). The van der Waals surface area contributed by atoms with Gasteiger partial charge in [-0.2, -0.15) is 5.10 Å². The number of nitrogen functional groups attached to an aromatic ring is 1. The molecule has 0 saturated carbocycles. The first-order valence-corrected chi connectivity index (χ1v) is 12.5. The molecule has 2 aromatic heterocycles. The lowest BCUT2D eigenvalue weighted by atomic mass is 10.2. The van der Waals surface area contributed by atoms with E-state index in [9.17, 15) is 9.59 Å². The summed E-state index contributed by atoms with van der Waals surface area (Å²) in [5.74, 6) is 0.0351. The van der Waals surface area contributed by atoms with Crippen molar-refractivity contribution in [3.63, 3.8) is 0 Å². The van der Waals surface area contributed by atoms with Crippen LogP contribution in [-0.2, 0) is 15.3 Å². The molecule has 0 aliphatic carbocycles. The number of aromatic nitrogens is 5. The van der Waals surface area contributed by atoms with Crippen LogP contribution in [0.1, 0.15) is 42.2 Å². The minimum Gasteiger partial charge on any atom is -0.462 e. The van der Waals surface area contributed by atoms with Gasteiger partial charge in [-0.15, -0.1) is 10.2 Å². The van der Waals surface area contributed by atoms with Gasteiger partial charge < -0.3 is 15.8 Å². The molecule has 11 heteroatoms. The lowest BCUT2D eigenvalue weighted by molar-refractivity contribution is -0.119. The van der Waals surface area contributed by atoms with Crippen LogP contribution in [0.2, 0.25) is 0 Å². The number of nitrogens with two attached hydrogens (primary N) is 1. The van der Waals surface area contributed by atoms with Gasteiger partial charge in [-0.1, -0.05) is 67.2 Å². The Hall–Kier alpha value is -4.12. The van der Waals surface area contributed by atoms with E-state index in [1.165, 1.54) is 22.6 Å². The van der Waals surface area contributed by atoms with E-state index in [2.05, 4.69) is 20.6 Å². The molecule has 4 aromatic rings. The summed E-state index contributed by atoms with van der Waals surface area (Å²) in [5.41, 5.74) is 8.08. The molecule has 36 heavy (non-hydrogen) atoms. The summed E-state index contributed by atoms with van der Waals surface area (Å²) in [6.45, 7) is 3.78. The summed E-state index contributed by atoms with van der Waals surface area (Å²) in [6.07, 6.45) is 1.80. The average molecular weight is 506 g/mol. The predicted octanol–water partition coefficient (Wildman–Crippen LogP) is 4.10. The molecule has 0 spiro atoms. The molecule has 1 atom stereocenters. The molecular formula is C25H27N7O3S. The first-order chi connectivity index (χ1) is 17.5. The summed E-state index contributed by atoms with van der Waals surface area (Å²) in [5, 5.41) is 15.9. The van der Waals surface area contributed by atoms with Crippen molar-refractivity contribution in [1.29, 1.82) is 0 Å². The second-order valence-corrected chi connectivity index (χ2v) is 8.72. The van der Waals surface area contributed by atoms with Crippen LogP contribution in [0.15, 0.2) is 72.0 Å². The number of amides is 1. The normalized spacial score (nSPS) is 11.7. The highest BCUT2D eigenvalue weighted by atomic mass is 32.2. The fourth-order valence-electron chi connectivity index (χ4n) is 3.68. The van der Waals surface area contributed by atoms with Gasteiger partial charge in [-0.25, -0.2) is 9.48 Å². The summed E-state index contributed by atoms with van der Waals surface area (Å²) in [4.78, 5) is 26.2. The second-order valence-electron chi connectivity index (χ2n) is 7.77. The Bertz CT molecular complexity index is 1320. The molecule has 10 nitrogen and oxygen atoms in total. The number of nitrogens with one attached hydrogen (secondary N) is 1. The molecule has 2 aromatic carbocycles. The summed E-state index contributed by atoms with van der Waals surface area (Å²) in [6, 6.07) is 18.4. The summed E-state index contributed by atoms with van der Waals surface area (Å²) in [7, 11) is 0. The van der Waals surface area contributed by atoms with Crippen molar-refractivity contribution in [2.45, 2.75) is 37.2 Å². The van der Waals surface area contributed by atoms with E-state index in [0.717, 1.165) is 5.56 Å². The van der Waals surface area contributed by atoms with Crippen LogP contribution in [0.5, 0.6) is 0 Å². The van der Waals surface area contributed by atoms with Crippen LogP contribution in [0.25, 0.3) is 5.69 Å².